The fourth-order valence-corrected chi connectivity index (χ4v) is 4.04. The van der Waals surface area contributed by atoms with Gasteiger partial charge in [-0.3, -0.25) is 9.59 Å². The number of rotatable bonds is 4. The van der Waals surface area contributed by atoms with E-state index in [0.29, 0.717) is 22.4 Å². The summed E-state index contributed by atoms with van der Waals surface area (Å²) in [7, 11) is 1.56. The average Bonchev–Trinajstić information content (AvgIpc) is 3.16. The van der Waals surface area contributed by atoms with Crippen LogP contribution in [0.5, 0.6) is 5.75 Å². The largest absolute Gasteiger partial charge is 0.495 e. The predicted octanol–water partition coefficient (Wildman–Crippen LogP) is 3.72. The van der Waals surface area contributed by atoms with Gasteiger partial charge < -0.3 is 15.0 Å². The molecule has 2 amide bonds. The van der Waals surface area contributed by atoms with Gasteiger partial charge in [0.15, 0.2) is 0 Å². The molecule has 2 fully saturated rings. The SMILES string of the molecule is COc1ccc(NC(=O)C2CCC(C(=O)N3CCCC3)CC2)cc1Cl. The Kier molecular flexibility index (Phi) is 5.84. The number of carbonyl (C=O) groups excluding carboxylic acids is 2. The van der Waals surface area contributed by atoms with E-state index in [-0.39, 0.29) is 17.7 Å². The van der Waals surface area contributed by atoms with E-state index < -0.39 is 0 Å². The molecule has 0 atom stereocenters. The molecule has 3 rings (SSSR count). The second kappa shape index (κ2) is 8.09. The smallest absolute Gasteiger partial charge is 0.227 e. The quantitative estimate of drug-likeness (QED) is 0.885. The molecular formula is C19H25ClN2O3. The molecule has 0 bridgehead atoms. The Morgan fingerprint density at radius 3 is 2.36 bits per heavy atom. The standard InChI is InChI=1S/C19H25ClN2O3/c1-25-17-9-8-15(12-16(17)20)21-18(23)13-4-6-14(7-5-13)19(24)22-10-2-3-11-22/h8-9,12-14H,2-7,10-11H2,1H3,(H,21,23). The van der Waals surface area contributed by atoms with Crippen LogP contribution >= 0.6 is 11.6 Å². The number of carbonyl (C=O) groups is 2. The minimum Gasteiger partial charge on any atom is -0.495 e. The van der Waals surface area contributed by atoms with Crippen molar-refractivity contribution < 1.29 is 14.3 Å². The first kappa shape index (κ1) is 18.1. The molecule has 1 saturated heterocycles. The summed E-state index contributed by atoms with van der Waals surface area (Å²) in [6, 6.07) is 5.22. The number of anilines is 1. The third-order valence-electron chi connectivity index (χ3n) is 5.28. The van der Waals surface area contributed by atoms with Crippen LogP contribution in [0.15, 0.2) is 18.2 Å². The fraction of sp³-hybridized carbons (Fsp3) is 0.579. The lowest BCUT2D eigenvalue weighted by Crippen LogP contribution is -2.37. The van der Waals surface area contributed by atoms with Crippen molar-refractivity contribution in [1.82, 2.24) is 4.90 Å². The maximum atomic E-state index is 12.5. The number of hydrogen-bond donors (Lipinski definition) is 1. The van der Waals surface area contributed by atoms with E-state index in [0.717, 1.165) is 51.6 Å². The highest BCUT2D eigenvalue weighted by atomic mass is 35.5. The maximum absolute atomic E-state index is 12.5. The van der Waals surface area contributed by atoms with E-state index in [9.17, 15) is 9.59 Å². The molecule has 1 aromatic carbocycles. The number of ether oxygens (including phenoxy) is 1. The van der Waals surface area contributed by atoms with Crippen LogP contribution in [0.2, 0.25) is 5.02 Å². The molecule has 0 radical (unpaired) electrons. The number of amides is 2. The van der Waals surface area contributed by atoms with E-state index in [1.807, 2.05) is 4.90 Å². The molecular weight excluding hydrogens is 340 g/mol. The minimum absolute atomic E-state index is 0.00769. The van der Waals surface area contributed by atoms with Crippen molar-refractivity contribution in [2.24, 2.45) is 11.8 Å². The van der Waals surface area contributed by atoms with Crippen molar-refractivity contribution >= 4 is 29.1 Å². The van der Waals surface area contributed by atoms with Crippen LogP contribution < -0.4 is 10.1 Å². The van der Waals surface area contributed by atoms with Gasteiger partial charge in [-0.2, -0.15) is 0 Å². The molecule has 0 spiro atoms. The van der Waals surface area contributed by atoms with Gasteiger partial charge in [0.1, 0.15) is 5.75 Å². The number of halogens is 1. The Hall–Kier alpha value is -1.75. The molecule has 5 nitrogen and oxygen atoms in total. The fourth-order valence-electron chi connectivity index (χ4n) is 3.79. The van der Waals surface area contributed by atoms with Gasteiger partial charge in [-0.05, 0) is 56.7 Å². The van der Waals surface area contributed by atoms with E-state index in [1.165, 1.54) is 0 Å². The zero-order chi connectivity index (χ0) is 17.8. The number of nitrogens with one attached hydrogen (secondary N) is 1. The topological polar surface area (TPSA) is 58.6 Å². The summed E-state index contributed by atoms with van der Waals surface area (Å²) in [5.74, 6) is 0.938. The molecule has 1 aromatic rings. The Bertz CT molecular complexity index is 636. The van der Waals surface area contributed by atoms with Crippen molar-refractivity contribution in [3.8, 4) is 5.75 Å². The van der Waals surface area contributed by atoms with E-state index in [2.05, 4.69) is 5.32 Å². The van der Waals surface area contributed by atoms with Crippen LogP contribution in [0.25, 0.3) is 0 Å². The summed E-state index contributed by atoms with van der Waals surface area (Å²) < 4.78 is 5.12. The molecule has 1 saturated carbocycles. The second-order valence-electron chi connectivity index (χ2n) is 6.92. The Balaban J connectivity index is 1.51. The summed E-state index contributed by atoms with van der Waals surface area (Å²) in [4.78, 5) is 26.9. The van der Waals surface area contributed by atoms with Gasteiger partial charge in [-0.25, -0.2) is 0 Å². The normalized spacial score (nSPS) is 23.4. The molecule has 6 heteroatoms. The zero-order valence-corrected chi connectivity index (χ0v) is 15.3. The molecule has 1 heterocycles. The van der Waals surface area contributed by atoms with Gasteiger partial charge in [0.25, 0.3) is 0 Å². The van der Waals surface area contributed by atoms with Crippen LogP contribution in [0.3, 0.4) is 0 Å². The molecule has 0 aromatic heterocycles. The van der Waals surface area contributed by atoms with Gasteiger partial charge in [0.05, 0.1) is 12.1 Å². The average molecular weight is 365 g/mol. The van der Waals surface area contributed by atoms with Gasteiger partial charge in [0, 0.05) is 30.6 Å². The van der Waals surface area contributed by atoms with Gasteiger partial charge >= 0.3 is 0 Å². The van der Waals surface area contributed by atoms with Crippen LogP contribution in [0.4, 0.5) is 5.69 Å². The zero-order valence-electron chi connectivity index (χ0n) is 14.6. The van der Waals surface area contributed by atoms with Crippen molar-refractivity contribution in [3.63, 3.8) is 0 Å². The Morgan fingerprint density at radius 1 is 1.12 bits per heavy atom. The van der Waals surface area contributed by atoms with Crippen molar-refractivity contribution in [3.05, 3.63) is 23.2 Å². The number of nitrogens with zero attached hydrogens (tertiary/aromatic N) is 1. The van der Waals surface area contributed by atoms with Crippen LogP contribution in [0.1, 0.15) is 38.5 Å². The lowest BCUT2D eigenvalue weighted by molar-refractivity contribution is -0.136. The minimum atomic E-state index is -0.0384. The molecule has 25 heavy (non-hydrogen) atoms. The van der Waals surface area contributed by atoms with Gasteiger partial charge in [-0.15, -0.1) is 0 Å². The van der Waals surface area contributed by atoms with E-state index in [1.54, 1.807) is 25.3 Å². The van der Waals surface area contributed by atoms with Crippen molar-refractivity contribution in [1.29, 1.82) is 0 Å². The Labute approximate surface area is 153 Å². The predicted molar refractivity (Wildman–Crippen MR) is 97.9 cm³/mol. The maximum Gasteiger partial charge on any atom is 0.227 e. The van der Waals surface area contributed by atoms with Crippen molar-refractivity contribution in [2.75, 3.05) is 25.5 Å². The second-order valence-corrected chi connectivity index (χ2v) is 7.33. The first-order valence-corrected chi connectivity index (χ1v) is 9.39. The monoisotopic (exact) mass is 364 g/mol. The highest BCUT2D eigenvalue weighted by molar-refractivity contribution is 6.32. The summed E-state index contributed by atoms with van der Waals surface area (Å²) in [5, 5.41) is 3.40. The molecule has 0 unspecified atom stereocenters. The summed E-state index contributed by atoms with van der Waals surface area (Å²) >= 11 is 6.10. The number of likely N-dealkylation sites (tertiary alicyclic amines) is 1. The lowest BCUT2D eigenvalue weighted by atomic mass is 9.81. The molecule has 1 aliphatic carbocycles. The summed E-state index contributed by atoms with van der Waals surface area (Å²) in [5.41, 5.74) is 0.672. The van der Waals surface area contributed by atoms with Crippen molar-refractivity contribution in [2.45, 2.75) is 38.5 Å². The number of benzene rings is 1. The molecule has 136 valence electrons. The molecule has 2 aliphatic rings. The van der Waals surface area contributed by atoms with Gasteiger partial charge in [0.2, 0.25) is 11.8 Å². The lowest BCUT2D eigenvalue weighted by Gasteiger charge is -2.29. The third kappa shape index (κ3) is 4.27. The van der Waals surface area contributed by atoms with Crippen LogP contribution in [-0.4, -0.2) is 36.9 Å². The summed E-state index contributed by atoms with van der Waals surface area (Å²) in [6.45, 7) is 1.80. The van der Waals surface area contributed by atoms with Crippen LogP contribution in [0, 0.1) is 11.8 Å². The van der Waals surface area contributed by atoms with E-state index in [4.69, 9.17) is 16.3 Å². The highest BCUT2D eigenvalue weighted by Gasteiger charge is 2.32. The third-order valence-corrected chi connectivity index (χ3v) is 5.58. The van der Waals surface area contributed by atoms with Gasteiger partial charge in [-0.1, -0.05) is 11.6 Å². The highest BCUT2D eigenvalue weighted by Crippen LogP contribution is 2.32. The number of methoxy groups -OCH3 is 1. The molecule has 1 N–H and O–H groups in total. The Morgan fingerprint density at radius 2 is 1.76 bits per heavy atom. The van der Waals surface area contributed by atoms with Crippen LogP contribution in [-0.2, 0) is 9.59 Å². The number of hydrogen-bond acceptors (Lipinski definition) is 3. The summed E-state index contributed by atoms with van der Waals surface area (Å²) in [6.07, 6.45) is 5.37. The first-order valence-electron chi connectivity index (χ1n) is 9.01. The van der Waals surface area contributed by atoms with E-state index >= 15 is 0 Å². The molecule has 1 aliphatic heterocycles. The first-order chi connectivity index (χ1) is 12.1.